The number of hydrogen-bond donors (Lipinski definition) is 2. The summed E-state index contributed by atoms with van der Waals surface area (Å²) in [5.74, 6) is 0.991. The normalized spacial score (nSPS) is 30.6. The second-order valence-electron chi connectivity index (χ2n) is 6.86. The Labute approximate surface area is 138 Å². The lowest BCUT2D eigenvalue weighted by Crippen LogP contribution is -2.36. The third-order valence-corrected chi connectivity index (χ3v) is 5.58. The molecule has 2 N–H and O–H groups in total. The number of imide groups is 1. The Balaban J connectivity index is 1.26. The zero-order valence-corrected chi connectivity index (χ0v) is 13.1. The molecule has 6 heteroatoms. The van der Waals surface area contributed by atoms with Crippen molar-refractivity contribution < 1.29 is 9.59 Å². The van der Waals surface area contributed by atoms with Gasteiger partial charge in [-0.15, -0.1) is 0 Å². The van der Waals surface area contributed by atoms with Crippen molar-refractivity contribution in [1.82, 2.24) is 14.9 Å². The number of carbonyl (C=O) groups excluding carboxylic acids is 2. The molecule has 1 aromatic heterocycles. The van der Waals surface area contributed by atoms with Crippen LogP contribution in [0.15, 0.2) is 36.4 Å². The van der Waals surface area contributed by atoms with E-state index in [4.69, 9.17) is 0 Å². The van der Waals surface area contributed by atoms with Crippen molar-refractivity contribution in [3.63, 3.8) is 0 Å². The molecule has 1 saturated carbocycles. The van der Waals surface area contributed by atoms with Crippen LogP contribution in [-0.4, -0.2) is 39.8 Å². The fourth-order valence-corrected chi connectivity index (χ4v) is 4.51. The number of fused-ring (bicyclic) bond motifs is 6. The number of rotatable bonds is 4. The van der Waals surface area contributed by atoms with E-state index in [2.05, 4.69) is 27.4 Å². The van der Waals surface area contributed by atoms with Crippen LogP contribution in [-0.2, 0) is 9.59 Å². The Kier molecular flexibility index (Phi) is 2.83. The largest absolute Gasteiger partial charge is 0.354 e. The summed E-state index contributed by atoms with van der Waals surface area (Å²) >= 11 is 0. The van der Waals surface area contributed by atoms with Crippen molar-refractivity contribution in [2.45, 2.75) is 6.42 Å². The predicted octanol–water partition coefficient (Wildman–Crippen LogP) is 1.78. The minimum absolute atomic E-state index is 0.00764. The summed E-state index contributed by atoms with van der Waals surface area (Å²) in [4.78, 5) is 34.3. The van der Waals surface area contributed by atoms with Crippen molar-refractivity contribution >= 4 is 28.8 Å². The van der Waals surface area contributed by atoms with E-state index in [-0.39, 0.29) is 35.5 Å². The van der Waals surface area contributed by atoms with Gasteiger partial charge in [-0.3, -0.25) is 14.5 Å². The molecule has 5 rings (SSSR count). The third-order valence-electron chi connectivity index (χ3n) is 5.58. The van der Waals surface area contributed by atoms with Gasteiger partial charge < -0.3 is 10.3 Å². The van der Waals surface area contributed by atoms with Crippen LogP contribution >= 0.6 is 0 Å². The Morgan fingerprint density at radius 3 is 2.54 bits per heavy atom. The second kappa shape index (κ2) is 4.93. The van der Waals surface area contributed by atoms with Gasteiger partial charge in [0, 0.05) is 13.1 Å². The molecule has 2 heterocycles. The van der Waals surface area contributed by atoms with Gasteiger partial charge in [0.15, 0.2) is 0 Å². The van der Waals surface area contributed by atoms with E-state index in [1.54, 1.807) is 0 Å². The Bertz CT molecular complexity index is 808. The van der Waals surface area contributed by atoms with Crippen molar-refractivity contribution in [2.75, 3.05) is 18.4 Å². The Morgan fingerprint density at radius 2 is 1.83 bits per heavy atom. The lowest BCUT2D eigenvalue weighted by atomic mass is 9.85. The van der Waals surface area contributed by atoms with Crippen LogP contribution in [0.25, 0.3) is 11.0 Å². The molecule has 2 aliphatic carbocycles. The minimum atomic E-state index is -0.112. The van der Waals surface area contributed by atoms with E-state index in [0.717, 1.165) is 17.5 Å². The summed E-state index contributed by atoms with van der Waals surface area (Å²) < 4.78 is 0. The van der Waals surface area contributed by atoms with Gasteiger partial charge in [-0.1, -0.05) is 24.3 Å². The van der Waals surface area contributed by atoms with Crippen LogP contribution in [0.2, 0.25) is 0 Å². The maximum Gasteiger partial charge on any atom is 0.233 e. The number of hydrogen-bond acceptors (Lipinski definition) is 4. The Morgan fingerprint density at radius 1 is 1.12 bits per heavy atom. The molecule has 24 heavy (non-hydrogen) atoms. The number of amides is 2. The number of anilines is 1. The van der Waals surface area contributed by atoms with Gasteiger partial charge in [0.25, 0.3) is 0 Å². The predicted molar refractivity (Wildman–Crippen MR) is 89.0 cm³/mol. The van der Waals surface area contributed by atoms with Gasteiger partial charge in [-0.2, -0.15) is 0 Å². The highest BCUT2D eigenvalue weighted by Gasteiger charge is 2.58. The number of imidazole rings is 1. The number of aromatic amines is 1. The lowest BCUT2D eigenvalue weighted by molar-refractivity contribution is -0.140. The molecular formula is C18H18N4O2. The summed E-state index contributed by atoms with van der Waals surface area (Å²) in [5, 5.41) is 3.18. The van der Waals surface area contributed by atoms with Crippen molar-refractivity contribution in [1.29, 1.82) is 0 Å². The van der Waals surface area contributed by atoms with E-state index in [9.17, 15) is 9.59 Å². The molecule has 0 spiro atoms. The molecule has 1 aromatic carbocycles. The van der Waals surface area contributed by atoms with Crippen LogP contribution < -0.4 is 5.32 Å². The van der Waals surface area contributed by atoms with Crippen LogP contribution in [0.1, 0.15) is 6.42 Å². The van der Waals surface area contributed by atoms with Gasteiger partial charge in [0.05, 0.1) is 22.9 Å². The van der Waals surface area contributed by atoms with E-state index in [1.807, 2.05) is 24.3 Å². The molecule has 2 fully saturated rings. The van der Waals surface area contributed by atoms with Crippen molar-refractivity contribution in [2.24, 2.45) is 23.7 Å². The fourth-order valence-electron chi connectivity index (χ4n) is 4.51. The molecule has 2 bridgehead atoms. The minimum Gasteiger partial charge on any atom is -0.354 e. The SMILES string of the molecule is O=C1C2C3C=CC(C3)C2C(=O)N1CCNc1nc2ccccc2[nH]1. The van der Waals surface area contributed by atoms with Crippen molar-refractivity contribution in [3.05, 3.63) is 36.4 Å². The first kappa shape index (κ1) is 13.8. The van der Waals surface area contributed by atoms with Gasteiger partial charge in [-0.25, -0.2) is 4.98 Å². The number of nitrogens with zero attached hydrogens (tertiary/aromatic N) is 2. The lowest BCUT2D eigenvalue weighted by Gasteiger charge is -2.17. The quantitative estimate of drug-likeness (QED) is 0.664. The van der Waals surface area contributed by atoms with E-state index in [0.29, 0.717) is 19.0 Å². The van der Waals surface area contributed by atoms with E-state index in [1.165, 1.54) is 4.90 Å². The first-order valence-electron chi connectivity index (χ1n) is 8.44. The van der Waals surface area contributed by atoms with Gasteiger partial charge >= 0.3 is 0 Å². The molecule has 4 atom stereocenters. The maximum absolute atomic E-state index is 12.6. The maximum atomic E-state index is 12.6. The number of H-pyrrole nitrogens is 1. The van der Waals surface area contributed by atoms with Crippen LogP contribution in [0.4, 0.5) is 5.95 Å². The summed E-state index contributed by atoms with van der Waals surface area (Å²) in [5.41, 5.74) is 1.86. The van der Waals surface area contributed by atoms with E-state index < -0.39 is 0 Å². The molecule has 6 nitrogen and oxygen atoms in total. The summed E-state index contributed by atoms with van der Waals surface area (Å²) in [6.07, 6.45) is 5.21. The zero-order chi connectivity index (χ0) is 16.3. The molecular weight excluding hydrogens is 304 g/mol. The number of aromatic nitrogens is 2. The first-order valence-corrected chi connectivity index (χ1v) is 8.44. The van der Waals surface area contributed by atoms with Gasteiger partial charge in [-0.05, 0) is 30.4 Å². The molecule has 2 amide bonds. The van der Waals surface area contributed by atoms with Crippen LogP contribution in [0.5, 0.6) is 0 Å². The average molecular weight is 322 g/mol. The summed E-state index contributed by atoms with van der Waals surface area (Å²) in [6, 6.07) is 7.79. The molecule has 1 saturated heterocycles. The third kappa shape index (κ3) is 1.85. The highest BCUT2D eigenvalue weighted by atomic mass is 16.2. The smallest absolute Gasteiger partial charge is 0.233 e. The molecule has 1 aliphatic heterocycles. The number of benzene rings is 1. The van der Waals surface area contributed by atoms with Crippen molar-refractivity contribution in [3.8, 4) is 0 Å². The molecule has 3 aliphatic rings. The number of carbonyl (C=O) groups is 2. The van der Waals surface area contributed by atoms with Gasteiger partial charge in [0.1, 0.15) is 0 Å². The number of allylic oxidation sites excluding steroid dienone is 2. The standard InChI is InChI=1S/C18H18N4O2/c23-16-14-10-5-6-11(9-10)15(14)17(24)22(16)8-7-19-18-20-12-3-1-2-4-13(12)21-18/h1-6,10-11,14-15H,7-9H2,(H2,19,20,21). The molecule has 4 unspecified atom stereocenters. The highest BCUT2D eigenvalue weighted by Crippen LogP contribution is 2.52. The molecule has 122 valence electrons. The fraction of sp³-hybridized carbons (Fsp3) is 0.389. The highest BCUT2D eigenvalue weighted by molar-refractivity contribution is 6.06. The Hall–Kier alpha value is -2.63. The molecule has 0 radical (unpaired) electrons. The number of para-hydroxylation sites is 2. The summed E-state index contributed by atoms with van der Waals surface area (Å²) in [6.45, 7) is 0.890. The zero-order valence-electron chi connectivity index (χ0n) is 13.1. The average Bonchev–Trinajstić information content (AvgIpc) is 3.33. The topological polar surface area (TPSA) is 78.1 Å². The number of likely N-dealkylation sites (tertiary alicyclic amines) is 1. The first-order chi connectivity index (χ1) is 11.7. The summed E-state index contributed by atoms with van der Waals surface area (Å²) in [7, 11) is 0. The van der Waals surface area contributed by atoms with E-state index >= 15 is 0 Å². The van der Waals surface area contributed by atoms with Gasteiger partial charge in [0.2, 0.25) is 17.8 Å². The van der Waals surface area contributed by atoms with Crippen LogP contribution in [0, 0.1) is 23.7 Å². The number of nitrogens with one attached hydrogen (secondary N) is 2. The van der Waals surface area contributed by atoms with Crippen LogP contribution in [0.3, 0.4) is 0 Å². The second-order valence-corrected chi connectivity index (χ2v) is 6.86. The monoisotopic (exact) mass is 322 g/mol. The molecule has 2 aromatic rings.